The molecule has 1 amide bonds. The molecule has 0 spiro atoms. The van der Waals surface area contributed by atoms with Gasteiger partial charge in [-0.15, -0.1) is 0 Å². The third-order valence-electron chi connectivity index (χ3n) is 8.02. The Labute approximate surface area is 234 Å². The number of nitrogens with zero attached hydrogens (tertiary/aromatic N) is 1. The number of nitrogens with one attached hydrogen (secondary N) is 1. The van der Waals surface area contributed by atoms with Crippen molar-refractivity contribution in [2.24, 2.45) is 5.92 Å². The van der Waals surface area contributed by atoms with Crippen molar-refractivity contribution < 1.29 is 19.4 Å². The molecular weight excluding hydrogens is 496 g/mol. The Balaban J connectivity index is 1.76. The molecule has 0 radical (unpaired) electrons. The maximum absolute atomic E-state index is 13.4. The van der Waals surface area contributed by atoms with Crippen molar-refractivity contribution in [1.82, 2.24) is 10.2 Å². The monoisotopic (exact) mass is 544 g/mol. The Morgan fingerprint density at radius 1 is 1.18 bits per heavy atom. The lowest BCUT2D eigenvalue weighted by molar-refractivity contribution is -0.141. The van der Waals surface area contributed by atoms with Crippen LogP contribution in [0, 0.1) is 12.8 Å². The lowest BCUT2D eigenvalue weighted by Crippen LogP contribution is -2.45. The Morgan fingerprint density at radius 3 is 2.63 bits per heavy atom. The standard InChI is InChI=1S/C31H48N2O4S/c1-4-5-14-25(37-22-24-12-7-6-8-13-24)20-33-18-16-27(28(21-33)26-15-10-9-11-23(26)2)30(34)32-29(31(35)36)17-19-38-3/h9-11,15,24-25,29H,4-8,12-14,16-22H2,1-3H3,(H,32,34)(H,35,36). The summed E-state index contributed by atoms with van der Waals surface area (Å²) < 4.78 is 6.54. The number of amides is 1. The molecule has 212 valence electrons. The van der Waals surface area contributed by atoms with Crippen molar-refractivity contribution in [2.75, 3.05) is 38.2 Å². The number of aliphatic carboxylic acids is 1. The molecule has 6 nitrogen and oxygen atoms in total. The van der Waals surface area contributed by atoms with Gasteiger partial charge in [-0.25, -0.2) is 4.79 Å². The summed E-state index contributed by atoms with van der Waals surface area (Å²) in [5.41, 5.74) is 3.94. The molecule has 0 bridgehead atoms. The summed E-state index contributed by atoms with van der Waals surface area (Å²) >= 11 is 1.59. The second-order valence-corrected chi connectivity index (χ2v) is 12.0. The van der Waals surface area contributed by atoms with Gasteiger partial charge < -0.3 is 15.2 Å². The molecule has 1 aromatic carbocycles. The molecule has 2 atom stereocenters. The van der Waals surface area contributed by atoms with E-state index >= 15 is 0 Å². The van der Waals surface area contributed by atoms with Crippen LogP contribution in [0.25, 0.3) is 5.57 Å². The quantitative estimate of drug-likeness (QED) is 0.285. The van der Waals surface area contributed by atoms with Crippen LogP contribution in [0.1, 0.15) is 82.3 Å². The Bertz CT molecular complexity index is 928. The molecule has 1 aliphatic heterocycles. The summed E-state index contributed by atoms with van der Waals surface area (Å²) in [4.78, 5) is 27.7. The predicted octanol–water partition coefficient (Wildman–Crippen LogP) is 5.93. The number of unbranched alkanes of at least 4 members (excludes halogenated alkanes) is 1. The normalized spacial score (nSPS) is 18.8. The highest BCUT2D eigenvalue weighted by atomic mass is 32.2. The van der Waals surface area contributed by atoms with E-state index in [0.29, 0.717) is 31.1 Å². The number of carbonyl (C=O) groups excluding carboxylic acids is 1. The molecule has 3 rings (SSSR count). The van der Waals surface area contributed by atoms with E-state index in [4.69, 9.17) is 4.74 Å². The minimum Gasteiger partial charge on any atom is -0.480 e. The molecule has 1 aliphatic carbocycles. The van der Waals surface area contributed by atoms with Crippen LogP contribution in [0.3, 0.4) is 0 Å². The number of carboxylic acids is 1. The summed E-state index contributed by atoms with van der Waals surface area (Å²) in [6.45, 7) is 7.48. The van der Waals surface area contributed by atoms with Gasteiger partial charge in [0.2, 0.25) is 5.91 Å². The van der Waals surface area contributed by atoms with Crippen molar-refractivity contribution in [2.45, 2.75) is 90.2 Å². The lowest BCUT2D eigenvalue weighted by Gasteiger charge is -2.34. The van der Waals surface area contributed by atoms with Crippen molar-refractivity contribution in [3.05, 3.63) is 41.0 Å². The van der Waals surface area contributed by atoms with Crippen LogP contribution in [0.2, 0.25) is 0 Å². The molecule has 0 aromatic heterocycles. The number of carbonyl (C=O) groups is 2. The smallest absolute Gasteiger partial charge is 0.326 e. The van der Waals surface area contributed by atoms with Gasteiger partial charge in [0.05, 0.1) is 6.10 Å². The van der Waals surface area contributed by atoms with Crippen molar-refractivity contribution in [1.29, 1.82) is 0 Å². The maximum Gasteiger partial charge on any atom is 0.326 e. The van der Waals surface area contributed by atoms with E-state index in [2.05, 4.69) is 36.2 Å². The topological polar surface area (TPSA) is 78.9 Å². The van der Waals surface area contributed by atoms with Gasteiger partial charge in [0.15, 0.2) is 0 Å². The average Bonchev–Trinajstić information content (AvgIpc) is 2.93. The van der Waals surface area contributed by atoms with Crippen molar-refractivity contribution in [3.8, 4) is 0 Å². The minimum atomic E-state index is -0.975. The second kappa shape index (κ2) is 16.3. The molecular formula is C31H48N2O4S. The molecule has 1 heterocycles. The first-order valence-electron chi connectivity index (χ1n) is 14.6. The van der Waals surface area contributed by atoms with Crippen LogP contribution >= 0.6 is 11.8 Å². The average molecular weight is 545 g/mol. The SMILES string of the molecule is CCCCC(CN1CCC(C(=O)NC(CCSC)C(=O)O)=C(c2ccccc2C)C1)OCC1CCCCC1. The van der Waals surface area contributed by atoms with Crippen molar-refractivity contribution >= 4 is 29.2 Å². The predicted molar refractivity (Wildman–Crippen MR) is 158 cm³/mol. The molecule has 38 heavy (non-hydrogen) atoms. The van der Waals surface area contributed by atoms with E-state index in [0.717, 1.165) is 61.2 Å². The maximum atomic E-state index is 13.4. The first-order valence-corrected chi connectivity index (χ1v) is 16.0. The van der Waals surface area contributed by atoms with Crippen molar-refractivity contribution in [3.63, 3.8) is 0 Å². The molecule has 7 heteroatoms. The summed E-state index contributed by atoms with van der Waals surface area (Å²) in [6, 6.07) is 7.32. The Morgan fingerprint density at radius 2 is 1.95 bits per heavy atom. The van der Waals surface area contributed by atoms with Crippen LogP contribution in [0.5, 0.6) is 0 Å². The van der Waals surface area contributed by atoms with Gasteiger partial charge in [0.1, 0.15) is 6.04 Å². The van der Waals surface area contributed by atoms with E-state index < -0.39 is 12.0 Å². The zero-order valence-electron chi connectivity index (χ0n) is 23.7. The fourth-order valence-corrected chi connectivity index (χ4v) is 6.17. The molecule has 1 fully saturated rings. The molecule has 1 aromatic rings. The molecule has 1 saturated carbocycles. The third kappa shape index (κ3) is 9.42. The van der Waals surface area contributed by atoms with Crippen LogP contribution in [0.15, 0.2) is 29.8 Å². The highest BCUT2D eigenvalue weighted by Crippen LogP contribution is 2.30. The number of rotatable bonds is 15. The van der Waals surface area contributed by atoms with E-state index in [1.165, 1.54) is 32.1 Å². The Kier molecular flexibility index (Phi) is 13.2. The van der Waals surface area contributed by atoms with Crippen LogP contribution in [-0.4, -0.2) is 72.3 Å². The highest BCUT2D eigenvalue weighted by molar-refractivity contribution is 7.98. The Hall–Kier alpha value is -1.83. The van der Waals surface area contributed by atoms with Gasteiger partial charge in [0.25, 0.3) is 0 Å². The van der Waals surface area contributed by atoms with Gasteiger partial charge in [0, 0.05) is 31.8 Å². The number of ether oxygens (including phenoxy) is 1. The summed E-state index contributed by atoms with van der Waals surface area (Å²) in [7, 11) is 0. The zero-order valence-corrected chi connectivity index (χ0v) is 24.5. The molecule has 2 aliphatic rings. The summed E-state index contributed by atoms with van der Waals surface area (Å²) in [6.07, 6.45) is 13.1. The lowest BCUT2D eigenvalue weighted by atomic mass is 9.90. The minimum absolute atomic E-state index is 0.202. The van der Waals surface area contributed by atoms with E-state index in [-0.39, 0.29) is 12.0 Å². The first-order chi connectivity index (χ1) is 18.4. The fraction of sp³-hybridized carbons (Fsp3) is 0.677. The largest absolute Gasteiger partial charge is 0.480 e. The first kappa shape index (κ1) is 30.7. The summed E-state index contributed by atoms with van der Waals surface area (Å²) in [5, 5.41) is 12.5. The van der Waals surface area contributed by atoms with Gasteiger partial charge in [-0.05, 0) is 73.7 Å². The van der Waals surface area contributed by atoms with Gasteiger partial charge >= 0.3 is 5.97 Å². The second-order valence-electron chi connectivity index (χ2n) is 11.0. The number of benzene rings is 1. The molecule has 0 saturated heterocycles. The van der Waals surface area contributed by atoms with E-state index in [9.17, 15) is 14.7 Å². The van der Waals surface area contributed by atoms with Crippen LogP contribution in [-0.2, 0) is 14.3 Å². The number of aryl methyl sites for hydroxylation is 1. The molecule has 2 unspecified atom stereocenters. The molecule has 2 N–H and O–H groups in total. The number of hydrogen-bond acceptors (Lipinski definition) is 5. The number of thioether (sulfide) groups is 1. The van der Waals surface area contributed by atoms with Crippen LogP contribution < -0.4 is 5.32 Å². The van der Waals surface area contributed by atoms with Gasteiger partial charge in [-0.3, -0.25) is 9.69 Å². The van der Waals surface area contributed by atoms with E-state index in [1.54, 1.807) is 11.8 Å². The summed E-state index contributed by atoms with van der Waals surface area (Å²) in [5.74, 6) is 0.166. The third-order valence-corrected chi connectivity index (χ3v) is 8.66. The number of hydrogen-bond donors (Lipinski definition) is 2. The fourth-order valence-electron chi connectivity index (χ4n) is 5.70. The van der Waals surface area contributed by atoms with E-state index in [1.807, 2.05) is 18.4 Å². The highest BCUT2D eigenvalue weighted by Gasteiger charge is 2.29. The van der Waals surface area contributed by atoms with Gasteiger partial charge in [-0.2, -0.15) is 11.8 Å². The van der Waals surface area contributed by atoms with Crippen LogP contribution in [0.4, 0.5) is 0 Å². The zero-order chi connectivity index (χ0) is 27.3. The number of carboxylic acid groups (broad SMARTS) is 1. The van der Waals surface area contributed by atoms with Gasteiger partial charge in [-0.1, -0.05) is 63.3 Å².